The first-order valence-electron chi connectivity index (χ1n) is 10.2. The van der Waals surface area contributed by atoms with Crippen molar-refractivity contribution in [1.82, 2.24) is 15.2 Å². The molecule has 1 aromatic heterocycles. The number of allylic oxidation sites excluding steroid dienone is 4. The molecule has 1 aromatic carbocycles. The molecule has 2 aliphatic rings. The van der Waals surface area contributed by atoms with Crippen molar-refractivity contribution in [3.63, 3.8) is 0 Å². The predicted molar refractivity (Wildman–Crippen MR) is 119 cm³/mol. The summed E-state index contributed by atoms with van der Waals surface area (Å²) in [4.78, 5) is 33.9. The zero-order valence-electron chi connectivity index (χ0n) is 17.5. The maximum Gasteiger partial charge on any atom is 0.246 e. The number of nitrogens with zero attached hydrogens (tertiary/aromatic N) is 2. The maximum atomic E-state index is 12.7. The van der Waals surface area contributed by atoms with Crippen LogP contribution >= 0.6 is 0 Å². The number of para-hydroxylation sites is 1. The van der Waals surface area contributed by atoms with E-state index in [1.807, 2.05) is 31.2 Å². The van der Waals surface area contributed by atoms with Crippen LogP contribution in [0, 0.1) is 12.8 Å². The molecule has 154 valence electrons. The number of aromatic nitrogens is 1. The molecule has 2 aliphatic heterocycles. The maximum absolute atomic E-state index is 12.7. The summed E-state index contributed by atoms with van der Waals surface area (Å²) in [5.74, 6) is 0.141. The number of fused-ring (bicyclic) bond motifs is 1. The van der Waals surface area contributed by atoms with E-state index in [1.165, 1.54) is 5.57 Å². The number of carbonyl (C=O) groups excluding carboxylic acids is 2. The van der Waals surface area contributed by atoms with Gasteiger partial charge in [0.15, 0.2) is 0 Å². The highest BCUT2D eigenvalue weighted by atomic mass is 16.2. The number of hydrogen-bond acceptors (Lipinski definition) is 3. The van der Waals surface area contributed by atoms with Crippen molar-refractivity contribution in [1.29, 1.82) is 0 Å². The standard InChI is InChI=1S/C24H26N4O2/c1-15-12-23(29)27-22-13-25-17(8-10-18(15)22)9-11-24(30)28(3)14-20-16(2)26-21-7-5-4-6-19(20)21/h4-9,11,13,15,26H,10,12,14H2,1-3H3,(H,27,29)/b11-9+. The lowest BCUT2D eigenvalue weighted by molar-refractivity contribution is -0.125. The van der Waals surface area contributed by atoms with Gasteiger partial charge in [0.1, 0.15) is 0 Å². The Morgan fingerprint density at radius 2 is 2.13 bits per heavy atom. The highest BCUT2D eigenvalue weighted by molar-refractivity contribution is 5.92. The fourth-order valence-corrected chi connectivity index (χ4v) is 4.03. The first kappa shape index (κ1) is 19.9. The predicted octanol–water partition coefficient (Wildman–Crippen LogP) is 3.76. The minimum Gasteiger partial charge on any atom is -0.358 e. The molecule has 0 bridgehead atoms. The average Bonchev–Trinajstić information content (AvgIpc) is 2.89. The minimum absolute atomic E-state index is 0.0241. The summed E-state index contributed by atoms with van der Waals surface area (Å²) >= 11 is 0. The average molecular weight is 402 g/mol. The first-order chi connectivity index (χ1) is 14.4. The molecule has 0 aliphatic carbocycles. The van der Waals surface area contributed by atoms with Crippen LogP contribution in [0.25, 0.3) is 10.9 Å². The van der Waals surface area contributed by atoms with Crippen molar-refractivity contribution in [3.05, 3.63) is 70.7 Å². The molecular weight excluding hydrogens is 376 g/mol. The van der Waals surface area contributed by atoms with E-state index in [2.05, 4.69) is 28.3 Å². The van der Waals surface area contributed by atoms with Gasteiger partial charge in [0.05, 0.1) is 17.6 Å². The zero-order valence-corrected chi connectivity index (χ0v) is 17.5. The second-order valence-corrected chi connectivity index (χ2v) is 7.99. The first-order valence-corrected chi connectivity index (χ1v) is 10.2. The Hall–Kier alpha value is -3.41. The number of aryl methyl sites for hydroxylation is 1. The topological polar surface area (TPSA) is 77.6 Å². The minimum atomic E-state index is -0.0839. The molecule has 0 spiro atoms. The lowest BCUT2D eigenvalue weighted by atomic mass is 9.90. The Kier molecular flexibility index (Phi) is 5.40. The molecule has 0 radical (unpaired) electrons. The molecular formula is C24H26N4O2. The summed E-state index contributed by atoms with van der Waals surface area (Å²) in [6.45, 7) is 4.62. The molecule has 2 N–H and O–H groups in total. The number of rotatable bonds is 4. The summed E-state index contributed by atoms with van der Waals surface area (Å²) in [6, 6.07) is 8.12. The van der Waals surface area contributed by atoms with Gasteiger partial charge < -0.3 is 15.2 Å². The summed E-state index contributed by atoms with van der Waals surface area (Å²) in [5.41, 5.74) is 5.97. The lowest BCUT2D eigenvalue weighted by Gasteiger charge is -2.23. The second-order valence-electron chi connectivity index (χ2n) is 7.99. The SMILES string of the molecule is Cc1[nH]c2ccccc2c1CN(C)C(=O)/C=C/C1=CCC2=C(C=N1)NC(=O)CC2C. The number of nitrogens with one attached hydrogen (secondary N) is 2. The van der Waals surface area contributed by atoms with Crippen LogP contribution in [0.2, 0.25) is 0 Å². The molecule has 1 atom stereocenters. The van der Waals surface area contributed by atoms with E-state index >= 15 is 0 Å². The van der Waals surface area contributed by atoms with Gasteiger partial charge in [-0.3, -0.25) is 14.6 Å². The Morgan fingerprint density at radius 1 is 1.33 bits per heavy atom. The van der Waals surface area contributed by atoms with E-state index in [4.69, 9.17) is 0 Å². The molecule has 0 saturated carbocycles. The molecule has 2 amide bonds. The van der Waals surface area contributed by atoms with E-state index in [0.29, 0.717) is 13.0 Å². The van der Waals surface area contributed by atoms with E-state index in [0.717, 1.165) is 40.0 Å². The summed E-state index contributed by atoms with van der Waals surface area (Å²) in [6.07, 6.45) is 8.20. The fraction of sp³-hybridized carbons (Fsp3) is 0.292. The molecule has 3 heterocycles. The van der Waals surface area contributed by atoms with Crippen molar-refractivity contribution in [2.45, 2.75) is 33.2 Å². The van der Waals surface area contributed by atoms with Gasteiger partial charge >= 0.3 is 0 Å². The molecule has 30 heavy (non-hydrogen) atoms. The highest BCUT2D eigenvalue weighted by Gasteiger charge is 2.23. The van der Waals surface area contributed by atoms with E-state index < -0.39 is 0 Å². The lowest BCUT2D eigenvalue weighted by Crippen LogP contribution is -2.32. The molecule has 0 fully saturated rings. The summed E-state index contributed by atoms with van der Waals surface area (Å²) < 4.78 is 0. The normalized spacial score (nSPS) is 19.0. The van der Waals surface area contributed by atoms with E-state index in [-0.39, 0.29) is 17.7 Å². The third-order valence-corrected chi connectivity index (χ3v) is 5.78. The third-order valence-electron chi connectivity index (χ3n) is 5.78. The summed E-state index contributed by atoms with van der Waals surface area (Å²) in [5, 5.41) is 4.03. The van der Waals surface area contributed by atoms with Crippen LogP contribution in [0.15, 0.2) is 64.5 Å². The van der Waals surface area contributed by atoms with Crippen molar-refractivity contribution < 1.29 is 9.59 Å². The number of H-pyrrole nitrogens is 1. The van der Waals surface area contributed by atoms with Crippen LogP contribution in [0.1, 0.15) is 31.0 Å². The highest BCUT2D eigenvalue weighted by Crippen LogP contribution is 2.27. The van der Waals surface area contributed by atoms with Crippen LogP contribution in [-0.4, -0.2) is 35.0 Å². The molecule has 1 unspecified atom stereocenters. The number of aromatic amines is 1. The van der Waals surface area contributed by atoms with Crippen LogP contribution in [0.5, 0.6) is 0 Å². The quantitative estimate of drug-likeness (QED) is 0.764. The zero-order chi connectivity index (χ0) is 21.3. The number of amides is 2. The van der Waals surface area contributed by atoms with Gasteiger partial charge in [-0.15, -0.1) is 0 Å². The summed E-state index contributed by atoms with van der Waals surface area (Å²) in [7, 11) is 1.80. The molecule has 0 saturated heterocycles. The number of carbonyl (C=O) groups is 2. The largest absolute Gasteiger partial charge is 0.358 e. The van der Waals surface area contributed by atoms with Crippen molar-refractivity contribution in [2.75, 3.05) is 7.05 Å². The molecule has 2 aromatic rings. The number of hydrogen-bond donors (Lipinski definition) is 2. The van der Waals surface area contributed by atoms with Crippen molar-refractivity contribution in [2.24, 2.45) is 10.9 Å². The van der Waals surface area contributed by atoms with E-state index in [1.54, 1.807) is 30.3 Å². The van der Waals surface area contributed by atoms with Crippen LogP contribution in [0.3, 0.4) is 0 Å². The Balaban J connectivity index is 1.44. The third kappa shape index (κ3) is 3.99. The Labute approximate surface area is 176 Å². The fourth-order valence-electron chi connectivity index (χ4n) is 4.03. The van der Waals surface area contributed by atoms with Gasteiger partial charge in [-0.05, 0) is 42.5 Å². The monoisotopic (exact) mass is 402 g/mol. The van der Waals surface area contributed by atoms with Crippen LogP contribution in [-0.2, 0) is 16.1 Å². The van der Waals surface area contributed by atoms with Gasteiger partial charge in [0.2, 0.25) is 11.8 Å². The Bertz CT molecular complexity index is 1130. The van der Waals surface area contributed by atoms with Crippen molar-refractivity contribution in [3.8, 4) is 0 Å². The molecule has 6 nitrogen and oxygen atoms in total. The van der Waals surface area contributed by atoms with Gasteiger partial charge in [0.25, 0.3) is 0 Å². The Morgan fingerprint density at radius 3 is 2.97 bits per heavy atom. The van der Waals surface area contributed by atoms with Gasteiger partial charge in [-0.25, -0.2) is 0 Å². The number of likely N-dealkylation sites (N-methyl/N-ethyl adjacent to an activating group) is 1. The van der Waals surface area contributed by atoms with Crippen molar-refractivity contribution >= 4 is 28.9 Å². The van der Waals surface area contributed by atoms with Gasteiger partial charge in [-0.1, -0.05) is 31.2 Å². The molecule has 6 heteroatoms. The molecule has 4 rings (SSSR count). The second kappa shape index (κ2) is 8.14. The van der Waals surface area contributed by atoms with Gasteiger partial charge in [0, 0.05) is 42.7 Å². The smallest absolute Gasteiger partial charge is 0.246 e. The van der Waals surface area contributed by atoms with E-state index in [9.17, 15) is 9.59 Å². The van der Waals surface area contributed by atoms with Crippen LogP contribution in [0.4, 0.5) is 0 Å². The number of benzene rings is 1. The number of aliphatic imine (C=N–C) groups is 1. The van der Waals surface area contributed by atoms with Gasteiger partial charge in [-0.2, -0.15) is 0 Å². The van der Waals surface area contributed by atoms with Crippen LogP contribution < -0.4 is 5.32 Å².